The van der Waals surface area contributed by atoms with Gasteiger partial charge in [0, 0.05) is 11.1 Å². The molecule has 0 bridgehead atoms. The third-order valence-electron chi connectivity index (χ3n) is 3.18. The third kappa shape index (κ3) is 4.24. The van der Waals surface area contributed by atoms with Crippen molar-refractivity contribution in [3.8, 4) is 0 Å². The van der Waals surface area contributed by atoms with Gasteiger partial charge in [0.2, 0.25) is 5.91 Å². The van der Waals surface area contributed by atoms with Gasteiger partial charge in [-0.2, -0.15) is 0 Å². The fourth-order valence-corrected chi connectivity index (χ4v) is 3.16. The lowest BCUT2D eigenvalue weighted by atomic mass is 10.1. The summed E-state index contributed by atoms with van der Waals surface area (Å²) in [6.07, 6.45) is 1.68. The van der Waals surface area contributed by atoms with E-state index in [0.717, 1.165) is 10.7 Å². The van der Waals surface area contributed by atoms with Crippen molar-refractivity contribution in [2.24, 2.45) is 0 Å². The maximum atomic E-state index is 12.1. The number of carbonyl (C=O) groups excluding carboxylic acids is 1. The highest BCUT2D eigenvalue weighted by Gasteiger charge is 2.14. The molecule has 0 saturated carbocycles. The Morgan fingerprint density at radius 2 is 2.09 bits per heavy atom. The lowest BCUT2D eigenvalue weighted by Gasteiger charge is -2.15. The molecule has 7 heteroatoms. The second kappa shape index (κ2) is 7.65. The van der Waals surface area contributed by atoms with E-state index in [1.165, 1.54) is 11.8 Å². The summed E-state index contributed by atoms with van der Waals surface area (Å²) in [4.78, 5) is 12.1. The minimum Gasteiger partial charge on any atom is -0.349 e. The molecule has 1 aromatic heterocycles. The summed E-state index contributed by atoms with van der Waals surface area (Å²) in [6.45, 7) is 6.01. The van der Waals surface area contributed by atoms with Crippen LogP contribution in [0, 0.1) is 0 Å². The first-order valence-electron chi connectivity index (χ1n) is 7.05. The maximum absolute atomic E-state index is 12.1. The van der Waals surface area contributed by atoms with E-state index in [1.807, 2.05) is 49.6 Å². The average Bonchev–Trinajstić information content (AvgIpc) is 2.94. The van der Waals surface area contributed by atoms with Gasteiger partial charge in [-0.05, 0) is 32.4 Å². The number of aromatic nitrogens is 3. The average molecular weight is 339 g/mol. The Balaban J connectivity index is 1.91. The van der Waals surface area contributed by atoms with Gasteiger partial charge < -0.3 is 9.88 Å². The predicted octanol–water partition coefficient (Wildman–Crippen LogP) is 3.48. The minimum absolute atomic E-state index is 0.0595. The lowest BCUT2D eigenvalue weighted by molar-refractivity contribution is -0.119. The zero-order chi connectivity index (χ0) is 16.1. The Labute approximate surface area is 139 Å². The molecule has 0 aliphatic carbocycles. The molecule has 0 radical (unpaired) electrons. The van der Waals surface area contributed by atoms with Crippen molar-refractivity contribution in [3.05, 3.63) is 41.2 Å². The Hall–Kier alpha value is -1.53. The van der Waals surface area contributed by atoms with Crippen molar-refractivity contribution in [1.82, 2.24) is 20.1 Å². The Bertz CT molecular complexity index is 644. The fourth-order valence-electron chi connectivity index (χ4n) is 2.01. The molecular formula is C15H19ClN4OS. The minimum atomic E-state index is -0.134. The van der Waals surface area contributed by atoms with Gasteiger partial charge in [-0.15, -0.1) is 10.2 Å². The molecule has 0 spiro atoms. The Morgan fingerprint density at radius 1 is 1.36 bits per heavy atom. The van der Waals surface area contributed by atoms with Crippen LogP contribution in [0.3, 0.4) is 0 Å². The van der Waals surface area contributed by atoms with Gasteiger partial charge in [-0.1, -0.05) is 41.6 Å². The number of hydrogen-bond acceptors (Lipinski definition) is 4. The molecule has 1 heterocycles. The highest BCUT2D eigenvalue weighted by Crippen LogP contribution is 2.23. The molecule has 0 aliphatic rings. The van der Waals surface area contributed by atoms with Gasteiger partial charge in [0.1, 0.15) is 6.33 Å². The first-order valence-corrected chi connectivity index (χ1v) is 8.41. The highest BCUT2D eigenvalue weighted by molar-refractivity contribution is 7.99. The normalized spacial score (nSPS) is 12.4. The number of thioether (sulfide) groups is 1. The molecule has 0 fully saturated rings. The molecule has 118 valence electrons. The van der Waals surface area contributed by atoms with E-state index >= 15 is 0 Å². The van der Waals surface area contributed by atoms with Crippen molar-refractivity contribution < 1.29 is 4.79 Å². The van der Waals surface area contributed by atoms with E-state index in [-0.39, 0.29) is 18.0 Å². The van der Waals surface area contributed by atoms with Crippen LogP contribution in [-0.4, -0.2) is 26.4 Å². The molecule has 1 atom stereocenters. The standard InChI is InChI=1S/C15H19ClN4OS/c1-10(2)20-9-17-19-15(20)22-8-14(21)18-11(3)12-6-4-5-7-13(12)16/h4-7,9-11H,8H2,1-3H3,(H,18,21). The van der Waals surface area contributed by atoms with Crippen molar-refractivity contribution in [2.75, 3.05) is 5.75 Å². The van der Waals surface area contributed by atoms with Crippen LogP contribution in [0.25, 0.3) is 0 Å². The van der Waals surface area contributed by atoms with Gasteiger partial charge >= 0.3 is 0 Å². The SMILES string of the molecule is CC(NC(=O)CSc1nncn1C(C)C)c1ccccc1Cl. The number of benzene rings is 1. The van der Waals surface area contributed by atoms with Crippen LogP contribution in [0.4, 0.5) is 0 Å². The largest absolute Gasteiger partial charge is 0.349 e. The lowest BCUT2D eigenvalue weighted by Crippen LogP contribution is -2.28. The van der Waals surface area contributed by atoms with E-state index < -0.39 is 0 Å². The van der Waals surface area contributed by atoms with Crippen molar-refractivity contribution in [3.63, 3.8) is 0 Å². The highest BCUT2D eigenvalue weighted by atomic mass is 35.5. The number of rotatable bonds is 6. The first kappa shape index (κ1) is 16.8. The molecule has 0 saturated heterocycles. The maximum Gasteiger partial charge on any atom is 0.230 e. The summed E-state index contributed by atoms with van der Waals surface area (Å²) < 4.78 is 1.94. The van der Waals surface area contributed by atoms with Gasteiger partial charge in [0.25, 0.3) is 0 Å². The molecule has 5 nitrogen and oxygen atoms in total. The molecule has 1 unspecified atom stereocenters. The topological polar surface area (TPSA) is 59.8 Å². The predicted molar refractivity (Wildman–Crippen MR) is 89.1 cm³/mol. The monoisotopic (exact) mass is 338 g/mol. The van der Waals surface area contributed by atoms with E-state index in [4.69, 9.17) is 11.6 Å². The fraction of sp³-hybridized carbons (Fsp3) is 0.400. The number of halogens is 1. The van der Waals surface area contributed by atoms with Gasteiger partial charge in [0.15, 0.2) is 5.16 Å². The van der Waals surface area contributed by atoms with E-state index in [0.29, 0.717) is 10.8 Å². The van der Waals surface area contributed by atoms with Crippen LogP contribution >= 0.6 is 23.4 Å². The van der Waals surface area contributed by atoms with Crippen LogP contribution < -0.4 is 5.32 Å². The van der Waals surface area contributed by atoms with Gasteiger partial charge in [-0.3, -0.25) is 4.79 Å². The summed E-state index contributed by atoms with van der Waals surface area (Å²) in [6, 6.07) is 7.64. The summed E-state index contributed by atoms with van der Waals surface area (Å²) in [5, 5.41) is 12.3. The summed E-state index contributed by atoms with van der Waals surface area (Å²) in [7, 11) is 0. The van der Waals surface area contributed by atoms with Crippen LogP contribution in [0.1, 0.15) is 38.4 Å². The van der Waals surface area contributed by atoms with Crippen LogP contribution in [0.15, 0.2) is 35.7 Å². The molecular weight excluding hydrogens is 320 g/mol. The van der Waals surface area contributed by atoms with Gasteiger partial charge in [-0.25, -0.2) is 0 Å². The van der Waals surface area contributed by atoms with E-state index in [9.17, 15) is 4.79 Å². The Kier molecular flexibility index (Phi) is 5.85. The zero-order valence-electron chi connectivity index (χ0n) is 12.8. The van der Waals surface area contributed by atoms with Crippen molar-refractivity contribution >= 4 is 29.3 Å². The molecule has 0 aliphatic heterocycles. The molecule has 1 amide bonds. The number of amides is 1. The van der Waals surface area contributed by atoms with Crippen molar-refractivity contribution in [1.29, 1.82) is 0 Å². The van der Waals surface area contributed by atoms with Crippen LogP contribution in [-0.2, 0) is 4.79 Å². The second-order valence-corrected chi connectivity index (χ2v) is 6.56. The number of nitrogens with one attached hydrogen (secondary N) is 1. The van der Waals surface area contributed by atoms with Crippen LogP contribution in [0.2, 0.25) is 5.02 Å². The molecule has 1 N–H and O–H groups in total. The molecule has 2 aromatic rings. The molecule has 1 aromatic carbocycles. The smallest absolute Gasteiger partial charge is 0.230 e. The number of nitrogens with zero attached hydrogens (tertiary/aromatic N) is 3. The summed E-state index contributed by atoms with van der Waals surface area (Å²) in [5.74, 6) is 0.232. The van der Waals surface area contributed by atoms with Crippen LogP contribution in [0.5, 0.6) is 0 Å². The Morgan fingerprint density at radius 3 is 2.77 bits per heavy atom. The quantitative estimate of drug-likeness (QED) is 0.819. The summed E-state index contributed by atoms with van der Waals surface area (Å²) in [5.41, 5.74) is 0.910. The van der Waals surface area contributed by atoms with Crippen molar-refractivity contribution in [2.45, 2.75) is 38.0 Å². The second-order valence-electron chi connectivity index (χ2n) is 5.21. The van der Waals surface area contributed by atoms with E-state index in [1.54, 1.807) is 6.33 Å². The first-order chi connectivity index (χ1) is 10.5. The molecule has 2 rings (SSSR count). The summed E-state index contributed by atoms with van der Waals surface area (Å²) >= 11 is 7.51. The third-order valence-corrected chi connectivity index (χ3v) is 4.48. The number of hydrogen-bond donors (Lipinski definition) is 1. The van der Waals surface area contributed by atoms with Gasteiger partial charge in [0.05, 0.1) is 11.8 Å². The zero-order valence-corrected chi connectivity index (χ0v) is 14.4. The molecule has 22 heavy (non-hydrogen) atoms. The van der Waals surface area contributed by atoms with E-state index in [2.05, 4.69) is 15.5 Å². The number of carbonyl (C=O) groups is 1.